The molecule has 0 atom stereocenters. The Morgan fingerprint density at radius 2 is 2.31 bits per heavy atom. The van der Waals surface area contributed by atoms with Gasteiger partial charge in [0.05, 0.1) is 0 Å². The molecular weight excluding hydrogens is 224 g/mol. The average molecular weight is 240 g/mol. The van der Waals surface area contributed by atoms with Crippen molar-refractivity contribution in [3.05, 3.63) is 5.01 Å². The maximum absolute atomic E-state index is 12.2. The van der Waals surface area contributed by atoms with Crippen LogP contribution >= 0.6 is 11.3 Å². The molecule has 1 N–H and O–H groups in total. The summed E-state index contributed by atoms with van der Waals surface area (Å²) in [4.78, 5) is 14.1. The number of hydrogen-bond acceptors (Lipinski definition) is 5. The number of carbonyl (C=O) groups is 1. The Labute approximate surface area is 98.9 Å². The standard InChI is InChI=1S/C10H16N4OS/c1-3-6-14(7-4-5-7)9(15)8-12-13-10(11-2)16-8/h7H,3-6H2,1-2H3,(H,11,13). The molecule has 5 nitrogen and oxygen atoms in total. The van der Waals surface area contributed by atoms with Crippen molar-refractivity contribution in [2.75, 3.05) is 18.9 Å². The minimum Gasteiger partial charge on any atom is -0.363 e. The van der Waals surface area contributed by atoms with E-state index in [1.54, 1.807) is 7.05 Å². The fraction of sp³-hybridized carbons (Fsp3) is 0.700. The van der Waals surface area contributed by atoms with Gasteiger partial charge in [0.25, 0.3) is 5.91 Å². The minimum atomic E-state index is 0.0309. The van der Waals surface area contributed by atoms with Crippen molar-refractivity contribution in [1.29, 1.82) is 0 Å². The highest BCUT2D eigenvalue weighted by atomic mass is 32.1. The Hall–Kier alpha value is -1.17. The number of nitrogens with one attached hydrogen (secondary N) is 1. The fourth-order valence-electron chi connectivity index (χ4n) is 1.61. The molecule has 0 aromatic carbocycles. The summed E-state index contributed by atoms with van der Waals surface area (Å²) in [6, 6.07) is 0.439. The second-order valence-corrected chi connectivity index (χ2v) is 4.87. The normalized spacial score (nSPS) is 14.9. The molecule has 0 bridgehead atoms. The highest BCUT2D eigenvalue weighted by Crippen LogP contribution is 2.29. The maximum Gasteiger partial charge on any atom is 0.285 e. The first kappa shape index (κ1) is 11.3. The number of anilines is 1. The van der Waals surface area contributed by atoms with E-state index in [1.165, 1.54) is 11.3 Å². The Kier molecular flexibility index (Phi) is 3.38. The summed E-state index contributed by atoms with van der Waals surface area (Å²) >= 11 is 1.32. The summed E-state index contributed by atoms with van der Waals surface area (Å²) in [6.45, 7) is 2.90. The molecule has 1 aliphatic carbocycles. The number of nitrogens with zero attached hydrogens (tertiary/aromatic N) is 3. The number of amides is 1. The third-order valence-corrected chi connectivity index (χ3v) is 3.46. The molecule has 6 heteroatoms. The molecule has 1 heterocycles. The van der Waals surface area contributed by atoms with E-state index in [2.05, 4.69) is 22.4 Å². The molecule has 2 rings (SSSR count). The molecule has 0 saturated heterocycles. The zero-order valence-corrected chi connectivity index (χ0v) is 10.4. The van der Waals surface area contributed by atoms with Gasteiger partial charge in [-0.05, 0) is 19.3 Å². The van der Waals surface area contributed by atoms with Gasteiger partial charge in [0.15, 0.2) is 0 Å². The lowest BCUT2D eigenvalue weighted by atomic mass is 10.4. The lowest BCUT2D eigenvalue weighted by Crippen LogP contribution is -2.33. The molecule has 1 aromatic heterocycles. The summed E-state index contributed by atoms with van der Waals surface area (Å²) < 4.78 is 0. The summed E-state index contributed by atoms with van der Waals surface area (Å²) in [5.41, 5.74) is 0. The van der Waals surface area contributed by atoms with Gasteiger partial charge in [0.2, 0.25) is 10.1 Å². The Morgan fingerprint density at radius 1 is 1.56 bits per heavy atom. The van der Waals surface area contributed by atoms with Crippen molar-refractivity contribution in [2.24, 2.45) is 0 Å². The van der Waals surface area contributed by atoms with Crippen LogP contribution in [-0.4, -0.2) is 40.6 Å². The van der Waals surface area contributed by atoms with Crippen LogP contribution in [0.2, 0.25) is 0 Å². The van der Waals surface area contributed by atoms with Gasteiger partial charge in [-0.2, -0.15) is 0 Å². The van der Waals surface area contributed by atoms with Crippen LogP contribution in [0, 0.1) is 0 Å². The highest BCUT2D eigenvalue weighted by Gasteiger charge is 2.33. The number of rotatable bonds is 5. The Balaban J connectivity index is 2.09. The molecule has 1 aromatic rings. The third-order valence-electron chi connectivity index (χ3n) is 2.53. The third kappa shape index (κ3) is 2.32. The molecule has 0 aliphatic heterocycles. The first-order valence-corrected chi connectivity index (χ1v) is 6.40. The number of carbonyl (C=O) groups excluding carboxylic acids is 1. The second-order valence-electron chi connectivity index (χ2n) is 3.89. The minimum absolute atomic E-state index is 0.0309. The maximum atomic E-state index is 12.2. The van der Waals surface area contributed by atoms with Crippen LogP contribution in [0.25, 0.3) is 0 Å². The van der Waals surface area contributed by atoms with Gasteiger partial charge >= 0.3 is 0 Å². The van der Waals surface area contributed by atoms with E-state index in [9.17, 15) is 4.79 Å². The van der Waals surface area contributed by atoms with E-state index < -0.39 is 0 Å². The quantitative estimate of drug-likeness (QED) is 0.849. The topological polar surface area (TPSA) is 58.1 Å². The molecule has 1 fully saturated rings. The van der Waals surface area contributed by atoms with E-state index in [4.69, 9.17) is 0 Å². The van der Waals surface area contributed by atoms with Gasteiger partial charge < -0.3 is 10.2 Å². The van der Waals surface area contributed by atoms with E-state index in [0.717, 1.165) is 25.8 Å². The Morgan fingerprint density at radius 3 is 2.81 bits per heavy atom. The van der Waals surface area contributed by atoms with Gasteiger partial charge in [0.1, 0.15) is 0 Å². The largest absolute Gasteiger partial charge is 0.363 e. The summed E-state index contributed by atoms with van der Waals surface area (Å²) in [6.07, 6.45) is 3.24. The van der Waals surface area contributed by atoms with Gasteiger partial charge in [-0.3, -0.25) is 4.79 Å². The second kappa shape index (κ2) is 4.78. The lowest BCUT2D eigenvalue weighted by Gasteiger charge is -2.19. The monoisotopic (exact) mass is 240 g/mol. The van der Waals surface area contributed by atoms with Crippen LogP contribution < -0.4 is 5.32 Å². The van der Waals surface area contributed by atoms with Crippen molar-refractivity contribution in [1.82, 2.24) is 15.1 Å². The first-order valence-electron chi connectivity index (χ1n) is 5.58. The van der Waals surface area contributed by atoms with Crippen molar-refractivity contribution in [3.63, 3.8) is 0 Å². The molecule has 1 aliphatic rings. The van der Waals surface area contributed by atoms with Gasteiger partial charge in [-0.15, -0.1) is 10.2 Å². The molecule has 0 unspecified atom stereocenters. The van der Waals surface area contributed by atoms with Crippen molar-refractivity contribution >= 4 is 22.4 Å². The van der Waals surface area contributed by atoms with Crippen LogP contribution in [-0.2, 0) is 0 Å². The average Bonchev–Trinajstić information content (AvgIpc) is 3.02. The fourth-order valence-corrected chi connectivity index (χ4v) is 2.26. The summed E-state index contributed by atoms with van der Waals surface area (Å²) in [5.74, 6) is 0.0309. The summed E-state index contributed by atoms with van der Waals surface area (Å²) in [7, 11) is 1.78. The van der Waals surface area contributed by atoms with Crippen LogP contribution in [0.15, 0.2) is 0 Å². The number of hydrogen-bond donors (Lipinski definition) is 1. The zero-order valence-electron chi connectivity index (χ0n) is 9.56. The van der Waals surface area contributed by atoms with E-state index >= 15 is 0 Å². The molecule has 16 heavy (non-hydrogen) atoms. The molecule has 0 radical (unpaired) electrons. The van der Waals surface area contributed by atoms with Gasteiger partial charge in [-0.25, -0.2) is 0 Å². The smallest absolute Gasteiger partial charge is 0.285 e. The molecule has 88 valence electrons. The Bertz CT molecular complexity index is 375. The van der Waals surface area contributed by atoms with Crippen LogP contribution in [0.4, 0.5) is 5.13 Å². The molecular formula is C10H16N4OS. The van der Waals surface area contributed by atoms with E-state index in [-0.39, 0.29) is 5.91 Å². The van der Waals surface area contributed by atoms with Crippen LogP contribution in [0.1, 0.15) is 36.0 Å². The van der Waals surface area contributed by atoms with Crippen LogP contribution in [0.3, 0.4) is 0 Å². The van der Waals surface area contributed by atoms with Crippen LogP contribution in [0.5, 0.6) is 0 Å². The highest BCUT2D eigenvalue weighted by molar-refractivity contribution is 7.17. The predicted octanol–water partition coefficient (Wildman–Crippen LogP) is 1.59. The number of aromatic nitrogens is 2. The summed E-state index contributed by atoms with van der Waals surface area (Å²) in [5, 5.41) is 11.9. The molecule has 0 spiro atoms. The van der Waals surface area contributed by atoms with Crippen molar-refractivity contribution in [2.45, 2.75) is 32.2 Å². The van der Waals surface area contributed by atoms with E-state index in [0.29, 0.717) is 16.2 Å². The van der Waals surface area contributed by atoms with Crippen molar-refractivity contribution in [3.8, 4) is 0 Å². The predicted molar refractivity (Wildman–Crippen MR) is 63.8 cm³/mol. The molecule has 1 amide bonds. The lowest BCUT2D eigenvalue weighted by molar-refractivity contribution is 0.0742. The SMILES string of the molecule is CCCN(C(=O)c1nnc(NC)s1)C1CC1. The van der Waals surface area contributed by atoms with Gasteiger partial charge in [0, 0.05) is 19.6 Å². The first-order chi connectivity index (χ1) is 7.76. The van der Waals surface area contributed by atoms with E-state index in [1.807, 2.05) is 4.90 Å². The van der Waals surface area contributed by atoms with Crippen molar-refractivity contribution < 1.29 is 4.79 Å². The molecule has 1 saturated carbocycles. The van der Waals surface area contributed by atoms with Gasteiger partial charge in [-0.1, -0.05) is 18.3 Å². The zero-order chi connectivity index (χ0) is 11.5.